The zero-order chi connectivity index (χ0) is 15.7. The average molecular weight is 299 g/mol. The van der Waals surface area contributed by atoms with E-state index >= 15 is 0 Å². The van der Waals surface area contributed by atoms with Gasteiger partial charge in [-0.25, -0.2) is 4.79 Å². The van der Waals surface area contributed by atoms with E-state index in [9.17, 15) is 14.7 Å². The monoisotopic (exact) mass is 299 g/mol. The zero-order valence-electron chi connectivity index (χ0n) is 12.2. The van der Waals surface area contributed by atoms with Crippen LogP contribution >= 0.6 is 0 Å². The number of aromatic nitrogens is 2. The van der Waals surface area contributed by atoms with Crippen LogP contribution in [0.15, 0.2) is 42.7 Å². The number of carbonyl (C=O) groups excluding carboxylic acids is 1. The molecule has 2 atom stereocenters. The van der Waals surface area contributed by atoms with Crippen molar-refractivity contribution in [3.63, 3.8) is 0 Å². The van der Waals surface area contributed by atoms with Crippen LogP contribution in [-0.4, -0.2) is 37.7 Å². The van der Waals surface area contributed by atoms with E-state index in [1.807, 2.05) is 24.3 Å². The Morgan fingerprint density at radius 1 is 1.27 bits per heavy atom. The van der Waals surface area contributed by atoms with E-state index in [1.165, 1.54) is 4.90 Å². The fraction of sp³-hybridized carbons (Fsp3) is 0.312. The van der Waals surface area contributed by atoms with Crippen molar-refractivity contribution >= 4 is 11.9 Å². The Bertz CT molecular complexity index is 696. The minimum atomic E-state index is -0.976. The first-order valence-electron chi connectivity index (χ1n) is 7.17. The highest BCUT2D eigenvalue weighted by atomic mass is 16.4. The summed E-state index contributed by atoms with van der Waals surface area (Å²) < 4.78 is 1.54. The Labute approximate surface area is 128 Å². The topological polar surface area (TPSA) is 75.4 Å². The third kappa shape index (κ3) is 2.47. The van der Waals surface area contributed by atoms with Crippen molar-refractivity contribution in [1.82, 2.24) is 14.7 Å². The molecule has 22 heavy (non-hydrogen) atoms. The quantitative estimate of drug-likeness (QED) is 0.931. The number of hydrogen-bond donors (Lipinski definition) is 1. The number of carboxylic acid groups (broad SMARTS) is 1. The van der Waals surface area contributed by atoms with Crippen LogP contribution in [0.25, 0.3) is 0 Å². The Morgan fingerprint density at radius 2 is 2.00 bits per heavy atom. The minimum Gasteiger partial charge on any atom is -0.480 e. The van der Waals surface area contributed by atoms with Crippen molar-refractivity contribution in [1.29, 1.82) is 0 Å². The molecule has 1 aliphatic rings. The number of carboxylic acids is 1. The lowest BCUT2D eigenvalue weighted by Gasteiger charge is -2.36. The summed E-state index contributed by atoms with van der Waals surface area (Å²) in [6.07, 6.45) is 3.64. The van der Waals surface area contributed by atoms with Gasteiger partial charge in [-0.05, 0) is 24.1 Å². The first-order valence-corrected chi connectivity index (χ1v) is 7.17. The van der Waals surface area contributed by atoms with Gasteiger partial charge >= 0.3 is 5.97 Å². The molecule has 2 heterocycles. The molecule has 2 unspecified atom stereocenters. The molecule has 1 aromatic carbocycles. The van der Waals surface area contributed by atoms with Crippen molar-refractivity contribution in [2.24, 2.45) is 0 Å². The number of carbonyl (C=O) groups is 2. The molecule has 1 amide bonds. The van der Waals surface area contributed by atoms with Crippen LogP contribution in [0.4, 0.5) is 0 Å². The van der Waals surface area contributed by atoms with Crippen LogP contribution in [0.3, 0.4) is 0 Å². The number of benzene rings is 1. The van der Waals surface area contributed by atoms with Gasteiger partial charge in [-0.3, -0.25) is 9.48 Å². The predicted octanol–water partition coefficient (Wildman–Crippen LogP) is 1.48. The van der Waals surface area contributed by atoms with Crippen LogP contribution in [0.5, 0.6) is 0 Å². The molecular formula is C16H17N3O3. The lowest BCUT2D eigenvalue weighted by Crippen LogP contribution is -2.50. The molecule has 0 saturated carbocycles. The molecule has 6 nitrogen and oxygen atoms in total. The normalized spacial score (nSPS) is 18.6. The number of aliphatic carboxylic acids is 1. The summed E-state index contributed by atoms with van der Waals surface area (Å²) in [5.74, 6) is -1.21. The maximum absolute atomic E-state index is 12.7. The van der Waals surface area contributed by atoms with Crippen molar-refractivity contribution in [3.05, 3.63) is 53.9 Å². The number of amides is 1. The second-order valence-electron chi connectivity index (χ2n) is 5.46. The Balaban J connectivity index is 1.90. The molecule has 1 aliphatic heterocycles. The Hall–Kier alpha value is -2.63. The van der Waals surface area contributed by atoms with Crippen LogP contribution < -0.4 is 0 Å². The van der Waals surface area contributed by atoms with E-state index in [2.05, 4.69) is 5.10 Å². The SMILES string of the molecule is CC(C(=O)N1Cc2ccccc2CC1C(=O)O)n1cccn1. The Morgan fingerprint density at radius 3 is 2.64 bits per heavy atom. The predicted molar refractivity (Wildman–Crippen MR) is 79.1 cm³/mol. The highest BCUT2D eigenvalue weighted by Crippen LogP contribution is 2.25. The van der Waals surface area contributed by atoms with Gasteiger partial charge in [-0.15, -0.1) is 0 Å². The lowest BCUT2D eigenvalue weighted by molar-refractivity contribution is -0.152. The maximum atomic E-state index is 12.7. The second kappa shape index (κ2) is 5.63. The van der Waals surface area contributed by atoms with Crippen LogP contribution in [-0.2, 0) is 22.6 Å². The van der Waals surface area contributed by atoms with Gasteiger partial charge in [-0.1, -0.05) is 24.3 Å². The highest BCUT2D eigenvalue weighted by Gasteiger charge is 2.36. The molecule has 6 heteroatoms. The Kier molecular flexibility index (Phi) is 3.66. The number of fused-ring (bicyclic) bond motifs is 1. The van der Waals surface area contributed by atoms with Gasteiger partial charge in [0.25, 0.3) is 0 Å². The molecule has 0 spiro atoms. The minimum absolute atomic E-state index is 0.231. The third-order valence-electron chi connectivity index (χ3n) is 4.10. The van der Waals surface area contributed by atoms with Crippen molar-refractivity contribution in [2.45, 2.75) is 32.0 Å². The van der Waals surface area contributed by atoms with Gasteiger partial charge in [0.05, 0.1) is 0 Å². The summed E-state index contributed by atoms with van der Waals surface area (Å²) in [5.41, 5.74) is 1.99. The molecule has 0 saturated heterocycles. The van der Waals surface area contributed by atoms with Crippen molar-refractivity contribution < 1.29 is 14.7 Å². The summed E-state index contributed by atoms with van der Waals surface area (Å²) in [6.45, 7) is 2.05. The van der Waals surface area contributed by atoms with Crippen molar-refractivity contribution in [3.8, 4) is 0 Å². The molecule has 0 bridgehead atoms. The molecule has 114 valence electrons. The van der Waals surface area contributed by atoms with Gasteiger partial charge in [0.15, 0.2) is 0 Å². The third-order valence-corrected chi connectivity index (χ3v) is 4.10. The molecular weight excluding hydrogens is 282 g/mol. The van der Waals surface area contributed by atoms with Gasteiger partial charge in [0.1, 0.15) is 12.1 Å². The first-order chi connectivity index (χ1) is 10.6. The van der Waals surface area contributed by atoms with E-state index in [0.717, 1.165) is 11.1 Å². The zero-order valence-corrected chi connectivity index (χ0v) is 12.2. The first kappa shape index (κ1) is 14.3. The van der Waals surface area contributed by atoms with Crippen LogP contribution in [0.1, 0.15) is 24.1 Å². The van der Waals surface area contributed by atoms with E-state index in [0.29, 0.717) is 13.0 Å². The largest absolute Gasteiger partial charge is 0.480 e. The van der Waals surface area contributed by atoms with Gasteiger partial charge < -0.3 is 10.0 Å². The number of hydrogen-bond acceptors (Lipinski definition) is 3. The van der Waals surface area contributed by atoms with Crippen molar-refractivity contribution in [2.75, 3.05) is 0 Å². The average Bonchev–Trinajstić information content (AvgIpc) is 3.06. The summed E-state index contributed by atoms with van der Waals surface area (Å²) in [6, 6.07) is 8.03. The summed E-state index contributed by atoms with van der Waals surface area (Å²) in [4.78, 5) is 25.7. The number of rotatable bonds is 3. The molecule has 2 aromatic rings. The summed E-state index contributed by atoms with van der Waals surface area (Å²) >= 11 is 0. The van der Waals surface area contributed by atoms with Gasteiger partial charge in [-0.2, -0.15) is 5.10 Å². The maximum Gasteiger partial charge on any atom is 0.326 e. The van der Waals surface area contributed by atoms with Crippen LogP contribution in [0.2, 0.25) is 0 Å². The number of nitrogens with zero attached hydrogens (tertiary/aromatic N) is 3. The second-order valence-corrected chi connectivity index (χ2v) is 5.46. The lowest BCUT2D eigenvalue weighted by atomic mass is 9.93. The summed E-state index contributed by atoms with van der Waals surface area (Å²) in [5, 5.41) is 13.5. The van der Waals surface area contributed by atoms with Gasteiger partial charge in [0.2, 0.25) is 5.91 Å². The summed E-state index contributed by atoms with van der Waals surface area (Å²) in [7, 11) is 0. The fourth-order valence-electron chi connectivity index (χ4n) is 2.84. The molecule has 3 rings (SSSR count). The van der Waals surface area contributed by atoms with Gasteiger partial charge in [0, 0.05) is 25.4 Å². The molecule has 0 radical (unpaired) electrons. The fourth-order valence-corrected chi connectivity index (χ4v) is 2.84. The van der Waals surface area contributed by atoms with E-state index in [1.54, 1.807) is 30.1 Å². The highest BCUT2D eigenvalue weighted by molar-refractivity contribution is 5.86. The van der Waals surface area contributed by atoms with E-state index in [4.69, 9.17) is 0 Å². The molecule has 1 aromatic heterocycles. The molecule has 1 N–H and O–H groups in total. The molecule has 0 fully saturated rings. The standard InChI is InChI=1S/C16H17N3O3/c1-11(19-8-4-7-17-19)15(20)18-10-13-6-3-2-5-12(13)9-14(18)16(21)22/h2-8,11,14H,9-10H2,1H3,(H,21,22). The van der Waals surface area contributed by atoms with Crippen LogP contribution in [0, 0.1) is 0 Å². The smallest absolute Gasteiger partial charge is 0.326 e. The van der Waals surface area contributed by atoms with E-state index < -0.39 is 18.1 Å². The van der Waals surface area contributed by atoms with E-state index in [-0.39, 0.29) is 5.91 Å². The molecule has 0 aliphatic carbocycles.